The zero-order valence-corrected chi connectivity index (χ0v) is 16.0. The average molecular weight is 369 g/mol. The SMILES string of the molecule is C=C(NC(=O)N1CC2CC(C)CC2C1)/C(N)=C\C=C(/C)c1ccc(F)cc1. The van der Waals surface area contributed by atoms with Gasteiger partial charge < -0.3 is 16.0 Å². The van der Waals surface area contributed by atoms with Gasteiger partial charge in [0.1, 0.15) is 5.82 Å². The number of halogens is 1. The minimum atomic E-state index is -0.266. The van der Waals surface area contributed by atoms with Gasteiger partial charge in [0.15, 0.2) is 0 Å². The summed E-state index contributed by atoms with van der Waals surface area (Å²) < 4.78 is 13.0. The van der Waals surface area contributed by atoms with Gasteiger partial charge in [0.2, 0.25) is 0 Å². The molecule has 0 aromatic heterocycles. The molecule has 1 saturated carbocycles. The van der Waals surface area contributed by atoms with Crippen molar-refractivity contribution in [2.75, 3.05) is 13.1 Å². The number of nitrogens with one attached hydrogen (secondary N) is 1. The lowest BCUT2D eigenvalue weighted by Crippen LogP contribution is -2.39. The molecule has 0 spiro atoms. The van der Waals surface area contributed by atoms with Crippen molar-refractivity contribution in [1.29, 1.82) is 0 Å². The van der Waals surface area contributed by atoms with Crippen LogP contribution < -0.4 is 11.1 Å². The van der Waals surface area contributed by atoms with Gasteiger partial charge in [-0.15, -0.1) is 0 Å². The van der Waals surface area contributed by atoms with Crippen molar-refractivity contribution in [3.63, 3.8) is 0 Å². The monoisotopic (exact) mass is 369 g/mol. The summed E-state index contributed by atoms with van der Waals surface area (Å²) >= 11 is 0. The second-order valence-electron chi connectivity index (χ2n) is 7.89. The largest absolute Gasteiger partial charge is 0.397 e. The fraction of sp³-hybridized carbons (Fsp3) is 0.409. The third kappa shape index (κ3) is 4.59. The maximum atomic E-state index is 13.0. The molecule has 2 fully saturated rings. The lowest BCUT2D eigenvalue weighted by Gasteiger charge is -2.20. The maximum Gasteiger partial charge on any atom is 0.321 e. The average Bonchev–Trinajstić information content (AvgIpc) is 3.17. The number of hydrogen-bond donors (Lipinski definition) is 2. The molecule has 2 unspecified atom stereocenters. The Hall–Kier alpha value is -2.56. The van der Waals surface area contributed by atoms with E-state index < -0.39 is 0 Å². The number of carbonyl (C=O) groups is 1. The van der Waals surface area contributed by atoms with Crippen molar-refractivity contribution < 1.29 is 9.18 Å². The molecule has 1 aromatic carbocycles. The number of hydrogen-bond acceptors (Lipinski definition) is 2. The molecule has 2 aliphatic rings. The van der Waals surface area contributed by atoms with Gasteiger partial charge in [-0.3, -0.25) is 0 Å². The minimum absolute atomic E-state index is 0.127. The first-order chi connectivity index (χ1) is 12.8. The fourth-order valence-corrected chi connectivity index (χ4v) is 4.17. The Balaban J connectivity index is 1.55. The van der Waals surface area contributed by atoms with Crippen LogP contribution >= 0.6 is 0 Å². The Morgan fingerprint density at radius 3 is 2.41 bits per heavy atom. The summed E-state index contributed by atoms with van der Waals surface area (Å²) in [5, 5.41) is 2.81. The Bertz CT molecular complexity index is 767. The summed E-state index contributed by atoms with van der Waals surface area (Å²) in [7, 11) is 0. The highest BCUT2D eigenvalue weighted by atomic mass is 19.1. The number of likely N-dealkylation sites (tertiary alicyclic amines) is 1. The fourth-order valence-electron chi connectivity index (χ4n) is 4.17. The summed E-state index contributed by atoms with van der Waals surface area (Å²) in [6.07, 6.45) is 5.97. The quantitative estimate of drug-likeness (QED) is 0.779. The highest BCUT2D eigenvalue weighted by Gasteiger charge is 2.40. The molecule has 1 aliphatic carbocycles. The van der Waals surface area contributed by atoms with Crippen LogP contribution in [0.5, 0.6) is 0 Å². The van der Waals surface area contributed by atoms with E-state index in [9.17, 15) is 9.18 Å². The number of amides is 2. The first-order valence-electron chi connectivity index (χ1n) is 9.48. The molecule has 27 heavy (non-hydrogen) atoms. The Kier molecular flexibility index (Phi) is 5.68. The highest BCUT2D eigenvalue weighted by Crippen LogP contribution is 2.41. The van der Waals surface area contributed by atoms with Gasteiger partial charge >= 0.3 is 6.03 Å². The zero-order valence-electron chi connectivity index (χ0n) is 16.0. The smallest absolute Gasteiger partial charge is 0.321 e. The second kappa shape index (κ2) is 7.99. The number of fused-ring (bicyclic) bond motifs is 1. The standard InChI is InChI=1S/C22H28FN3O/c1-14-10-18-12-26(13-19(18)11-14)22(27)25-16(3)21(24)9-4-15(2)17-5-7-20(23)8-6-17/h4-9,14,18-19H,3,10-13,24H2,1-2H3,(H,25,27)/b15-4+,21-9+. The number of allylic oxidation sites excluding steroid dienone is 3. The molecular weight excluding hydrogens is 341 g/mol. The summed E-state index contributed by atoms with van der Waals surface area (Å²) in [4.78, 5) is 14.4. The van der Waals surface area contributed by atoms with Gasteiger partial charge in [0, 0.05) is 13.1 Å². The van der Waals surface area contributed by atoms with Crippen LogP contribution in [0.25, 0.3) is 5.57 Å². The zero-order chi connectivity index (χ0) is 19.6. The maximum absolute atomic E-state index is 13.0. The van der Waals surface area contributed by atoms with Crippen LogP contribution in [0.4, 0.5) is 9.18 Å². The number of carbonyl (C=O) groups excluding carboxylic acids is 1. The molecule has 2 atom stereocenters. The molecule has 1 aliphatic heterocycles. The summed E-state index contributed by atoms with van der Waals surface area (Å²) in [5.41, 5.74) is 8.70. The third-order valence-corrected chi connectivity index (χ3v) is 5.69. The molecule has 3 N–H and O–H groups in total. The van der Waals surface area contributed by atoms with Crippen LogP contribution in [0.2, 0.25) is 0 Å². The van der Waals surface area contributed by atoms with E-state index in [4.69, 9.17) is 5.73 Å². The van der Waals surface area contributed by atoms with Crippen molar-refractivity contribution in [3.8, 4) is 0 Å². The third-order valence-electron chi connectivity index (χ3n) is 5.69. The van der Waals surface area contributed by atoms with E-state index in [1.165, 1.54) is 25.0 Å². The highest BCUT2D eigenvalue weighted by molar-refractivity contribution is 5.77. The van der Waals surface area contributed by atoms with Crippen molar-refractivity contribution >= 4 is 11.6 Å². The van der Waals surface area contributed by atoms with Crippen molar-refractivity contribution in [3.05, 3.63) is 65.8 Å². The van der Waals surface area contributed by atoms with E-state index in [0.29, 0.717) is 23.2 Å². The van der Waals surface area contributed by atoms with Crippen molar-refractivity contribution in [2.45, 2.75) is 26.7 Å². The van der Waals surface area contributed by atoms with Crippen molar-refractivity contribution in [1.82, 2.24) is 10.2 Å². The van der Waals surface area contributed by atoms with Gasteiger partial charge in [0.25, 0.3) is 0 Å². The Morgan fingerprint density at radius 2 is 1.81 bits per heavy atom. The second-order valence-corrected chi connectivity index (χ2v) is 7.89. The first kappa shape index (κ1) is 19.2. The summed E-state index contributed by atoms with van der Waals surface area (Å²) in [6, 6.07) is 6.15. The Morgan fingerprint density at radius 1 is 1.22 bits per heavy atom. The van der Waals surface area contributed by atoms with Gasteiger partial charge in [0.05, 0.1) is 11.4 Å². The molecule has 144 valence electrons. The van der Waals surface area contributed by atoms with E-state index >= 15 is 0 Å². The summed E-state index contributed by atoms with van der Waals surface area (Å²) in [5.74, 6) is 1.77. The van der Waals surface area contributed by atoms with Crippen LogP contribution in [0.1, 0.15) is 32.3 Å². The van der Waals surface area contributed by atoms with E-state index in [-0.39, 0.29) is 11.8 Å². The summed E-state index contributed by atoms with van der Waals surface area (Å²) in [6.45, 7) is 9.73. The predicted octanol–water partition coefficient (Wildman–Crippen LogP) is 4.27. The lowest BCUT2D eigenvalue weighted by molar-refractivity contribution is 0.207. The molecule has 1 aromatic rings. The van der Waals surface area contributed by atoms with Crippen LogP contribution in [-0.4, -0.2) is 24.0 Å². The van der Waals surface area contributed by atoms with Crippen LogP contribution in [0, 0.1) is 23.6 Å². The molecule has 5 heteroatoms. The number of urea groups is 1. The first-order valence-corrected chi connectivity index (χ1v) is 9.48. The Labute approximate surface area is 160 Å². The van der Waals surface area contributed by atoms with E-state index in [1.807, 2.05) is 17.9 Å². The number of nitrogens with two attached hydrogens (primary N) is 1. The van der Waals surface area contributed by atoms with Crippen LogP contribution in [0.15, 0.2) is 54.4 Å². The van der Waals surface area contributed by atoms with Crippen LogP contribution in [-0.2, 0) is 0 Å². The van der Waals surface area contributed by atoms with Gasteiger partial charge in [-0.05, 0) is 66.9 Å². The van der Waals surface area contributed by atoms with Gasteiger partial charge in [-0.25, -0.2) is 9.18 Å². The van der Waals surface area contributed by atoms with Gasteiger partial charge in [-0.1, -0.05) is 31.7 Å². The lowest BCUT2D eigenvalue weighted by atomic mass is 10.0. The molecule has 0 radical (unpaired) electrons. The number of rotatable bonds is 4. The van der Waals surface area contributed by atoms with Gasteiger partial charge in [-0.2, -0.15) is 0 Å². The number of nitrogens with zero attached hydrogens (tertiary/aromatic N) is 1. The van der Waals surface area contributed by atoms with E-state index in [2.05, 4.69) is 18.8 Å². The topological polar surface area (TPSA) is 58.4 Å². The molecule has 3 rings (SSSR count). The minimum Gasteiger partial charge on any atom is -0.397 e. The number of benzene rings is 1. The molecular formula is C22H28FN3O. The normalized spacial score (nSPS) is 25.4. The molecule has 1 saturated heterocycles. The molecule has 0 bridgehead atoms. The van der Waals surface area contributed by atoms with E-state index in [1.54, 1.807) is 18.2 Å². The van der Waals surface area contributed by atoms with Crippen LogP contribution in [0.3, 0.4) is 0 Å². The van der Waals surface area contributed by atoms with Crippen molar-refractivity contribution in [2.24, 2.45) is 23.5 Å². The van der Waals surface area contributed by atoms with E-state index in [0.717, 1.165) is 30.1 Å². The molecule has 4 nitrogen and oxygen atoms in total. The molecule has 2 amide bonds. The predicted molar refractivity (Wildman–Crippen MR) is 107 cm³/mol. The molecule has 1 heterocycles.